The Hall–Kier alpha value is -2.53. The molecule has 1 aliphatic rings. The van der Waals surface area contributed by atoms with Crippen LogP contribution in [0.3, 0.4) is 0 Å². The molecule has 1 amide bonds. The molecule has 0 saturated heterocycles. The molecule has 1 N–H and O–H groups in total. The molecule has 28 heavy (non-hydrogen) atoms. The Labute approximate surface area is 167 Å². The molecule has 0 radical (unpaired) electrons. The van der Waals surface area contributed by atoms with Crippen molar-refractivity contribution in [1.82, 2.24) is 10.2 Å². The third-order valence-corrected chi connectivity index (χ3v) is 5.26. The standard InChI is InChI=1S/C23H30N2O3/c1-27-21-15-19-10-13-25(17-20(19)16-22(21)28-2)14-11-23(26)24-12-6-9-18-7-4-3-5-8-18/h3-5,7-8,15-16H,6,9-14,17H2,1-2H3,(H,24,26). The predicted molar refractivity (Wildman–Crippen MR) is 111 cm³/mol. The fourth-order valence-electron chi connectivity index (χ4n) is 3.65. The highest BCUT2D eigenvalue weighted by molar-refractivity contribution is 5.76. The number of aryl methyl sites for hydroxylation is 1. The van der Waals surface area contributed by atoms with Gasteiger partial charge in [-0.1, -0.05) is 30.3 Å². The molecule has 0 saturated carbocycles. The molecule has 1 heterocycles. The van der Waals surface area contributed by atoms with Crippen molar-refractivity contribution in [3.05, 3.63) is 59.2 Å². The highest BCUT2D eigenvalue weighted by Gasteiger charge is 2.19. The molecule has 0 bridgehead atoms. The maximum absolute atomic E-state index is 12.2. The first-order valence-electron chi connectivity index (χ1n) is 9.96. The van der Waals surface area contributed by atoms with E-state index in [0.717, 1.165) is 56.9 Å². The fourth-order valence-corrected chi connectivity index (χ4v) is 3.65. The van der Waals surface area contributed by atoms with Crippen molar-refractivity contribution in [3.8, 4) is 11.5 Å². The fraction of sp³-hybridized carbons (Fsp3) is 0.435. The molecule has 150 valence electrons. The van der Waals surface area contributed by atoms with Crippen molar-refractivity contribution in [2.45, 2.75) is 32.2 Å². The maximum Gasteiger partial charge on any atom is 0.221 e. The summed E-state index contributed by atoms with van der Waals surface area (Å²) in [5.41, 5.74) is 3.88. The van der Waals surface area contributed by atoms with Crippen LogP contribution in [0.15, 0.2) is 42.5 Å². The number of benzene rings is 2. The Morgan fingerprint density at radius 1 is 1.07 bits per heavy atom. The molecule has 0 fully saturated rings. The lowest BCUT2D eigenvalue weighted by Gasteiger charge is -2.29. The number of carbonyl (C=O) groups excluding carboxylic acids is 1. The van der Waals surface area contributed by atoms with Gasteiger partial charge in [-0.15, -0.1) is 0 Å². The van der Waals surface area contributed by atoms with Crippen molar-refractivity contribution in [3.63, 3.8) is 0 Å². The van der Waals surface area contributed by atoms with Crippen molar-refractivity contribution in [1.29, 1.82) is 0 Å². The topological polar surface area (TPSA) is 50.8 Å². The van der Waals surface area contributed by atoms with Gasteiger partial charge < -0.3 is 14.8 Å². The smallest absolute Gasteiger partial charge is 0.221 e. The number of nitrogens with one attached hydrogen (secondary N) is 1. The lowest BCUT2D eigenvalue weighted by atomic mass is 9.98. The minimum Gasteiger partial charge on any atom is -0.493 e. The van der Waals surface area contributed by atoms with E-state index in [9.17, 15) is 4.79 Å². The van der Waals surface area contributed by atoms with E-state index in [1.54, 1.807) is 14.2 Å². The van der Waals surface area contributed by atoms with Crippen LogP contribution in [0.25, 0.3) is 0 Å². The van der Waals surface area contributed by atoms with Crippen LogP contribution in [0.4, 0.5) is 0 Å². The second-order valence-corrected chi connectivity index (χ2v) is 7.19. The van der Waals surface area contributed by atoms with Crippen LogP contribution in [0.2, 0.25) is 0 Å². The van der Waals surface area contributed by atoms with Crippen LogP contribution >= 0.6 is 0 Å². The summed E-state index contributed by atoms with van der Waals surface area (Å²) >= 11 is 0. The van der Waals surface area contributed by atoms with Crippen LogP contribution in [-0.2, 0) is 24.2 Å². The summed E-state index contributed by atoms with van der Waals surface area (Å²) < 4.78 is 10.8. The summed E-state index contributed by atoms with van der Waals surface area (Å²) in [6.45, 7) is 3.31. The first-order chi connectivity index (χ1) is 13.7. The SMILES string of the molecule is COc1cc2c(cc1OC)CN(CCC(=O)NCCCc1ccccc1)CC2. The normalized spacial score (nSPS) is 13.6. The average molecular weight is 383 g/mol. The molecule has 1 aliphatic heterocycles. The zero-order chi connectivity index (χ0) is 19.8. The van der Waals surface area contributed by atoms with Gasteiger partial charge in [-0.05, 0) is 48.1 Å². The molecule has 5 nitrogen and oxygen atoms in total. The van der Waals surface area contributed by atoms with Gasteiger partial charge >= 0.3 is 0 Å². The third kappa shape index (κ3) is 5.49. The number of ether oxygens (including phenoxy) is 2. The van der Waals surface area contributed by atoms with Crippen molar-refractivity contribution in [2.24, 2.45) is 0 Å². The van der Waals surface area contributed by atoms with E-state index in [2.05, 4.69) is 46.6 Å². The number of hydrogen-bond acceptors (Lipinski definition) is 4. The molecule has 0 aliphatic carbocycles. The highest BCUT2D eigenvalue weighted by atomic mass is 16.5. The minimum absolute atomic E-state index is 0.131. The molecule has 2 aromatic carbocycles. The van der Waals surface area contributed by atoms with Gasteiger partial charge in [-0.3, -0.25) is 9.69 Å². The lowest BCUT2D eigenvalue weighted by molar-refractivity contribution is -0.121. The van der Waals surface area contributed by atoms with Gasteiger partial charge in [0.05, 0.1) is 14.2 Å². The first-order valence-corrected chi connectivity index (χ1v) is 9.96. The summed E-state index contributed by atoms with van der Waals surface area (Å²) in [6.07, 6.45) is 3.46. The predicted octanol–water partition coefficient (Wildman–Crippen LogP) is 3.20. The number of carbonyl (C=O) groups is 1. The van der Waals surface area contributed by atoms with Gasteiger partial charge in [0.15, 0.2) is 11.5 Å². The molecular formula is C23H30N2O3. The summed E-state index contributed by atoms with van der Waals surface area (Å²) in [5, 5.41) is 3.04. The monoisotopic (exact) mass is 382 g/mol. The van der Waals surface area contributed by atoms with Gasteiger partial charge in [0.2, 0.25) is 5.91 Å². The minimum atomic E-state index is 0.131. The van der Waals surface area contributed by atoms with E-state index in [1.165, 1.54) is 16.7 Å². The molecule has 2 aromatic rings. The highest BCUT2D eigenvalue weighted by Crippen LogP contribution is 2.33. The zero-order valence-corrected chi connectivity index (χ0v) is 16.9. The Morgan fingerprint density at radius 2 is 1.79 bits per heavy atom. The van der Waals surface area contributed by atoms with E-state index in [-0.39, 0.29) is 5.91 Å². The summed E-state index contributed by atoms with van der Waals surface area (Å²) in [6, 6.07) is 14.5. The Balaban J connectivity index is 1.40. The van der Waals surface area contributed by atoms with Crippen LogP contribution in [0.1, 0.15) is 29.5 Å². The number of fused-ring (bicyclic) bond motifs is 1. The second-order valence-electron chi connectivity index (χ2n) is 7.19. The van der Waals surface area contributed by atoms with Crippen LogP contribution in [0, 0.1) is 0 Å². The van der Waals surface area contributed by atoms with E-state index in [0.29, 0.717) is 6.42 Å². The second kappa shape index (κ2) is 10.1. The quantitative estimate of drug-likeness (QED) is 0.677. The van der Waals surface area contributed by atoms with E-state index in [4.69, 9.17) is 9.47 Å². The molecular weight excluding hydrogens is 352 g/mol. The lowest BCUT2D eigenvalue weighted by Crippen LogP contribution is -2.35. The maximum atomic E-state index is 12.2. The third-order valence-electron chi connectivity index (χ3n) is 5.26. The largest absolute Gasteiger partial charge is 0.493 e. The van der Waals surface area contributed by atoms with Gasteiger partial charge in [0.25, 0.3) is 0 Å². The molecule has 0 atom stereocenters. The Morgan fingerprint density at radius 3 is 2.50 bits per heavy atom. The number of rotatable bonds is 9. The summed E-state index contributed by atoms with van der Waals surface area (Å²) in [5.74, 6) is 1.68. The summed E-state index contributed by atoms with van der Waals surface area (Å²) in [7, 11) is 3.32. The van der Waals surface area contributed by atoms with Gasteiger partial charge in [-0.2, -0.15) is 0 Å². The van der Waals surface area contributed by atoms with Crippen LogP contribution in [-0.4, -0.2) is 44.7 Å². The van der Waals surface area contributed by atoms with Gasteiger partial charge in [0.1, 0.15) is 0 Å². The van der Waals surface area contributed by atoms with E-state index in [1.807, 2.05) is 6.07 Å². The average Bonchev–Trinajstić information content (AvgIpc) is 2.74. The van der Waals surface area contributed by atoms with Crippen LogP contribution < -0.4 is 14.8 Å². The van der Waals surface area contributed by atoms with Crippen LogP contribution in [0.5, 0.6) is 11.5 Å². The first kappa shape index (κ1) is 20.2. The van der Waals surface area contributed by atoms with Gasteiger partial charge in [0, 0.05) is 32.6 Å². The Kier molecular flexibility index (Phi) is 7.31. The van der Waals surface area contributed by atoms with Crippen molar-refractivity contribution in [2.75, 3.05) is 33.9 Å². The molecule has 5 heteroatoms. The number of nitrogens with zero attached hydrogens (tertiary/aromatic N) is 1. The van der Waals surface area contributed by atoms with Crippen molar-refractivity contribution >= 4 is 5.91 Å². The Bertz CT molecular complexity index is 777. The molecule has 0 spiro atoms. The van der Waals surface area contributed by atoms with E-state index < -0.39 is 0 Å². The molecule has 0 unspecified atom stereocenters. The van der Waals surface area contributed by atoms with Crippen molar-refractivity contribution < 1.29 is 14.3 Å². The van der Waals surface area contributed by atoms with Gasteiger partial charge in [-0.25, -0.2) is 0 Å². The van der Waals surface area contributed by atoms with E-state index >= 15 is 0 Å². The molecule has 3 rings (SSSR count). The summed E-state index contributed by atoms with van der Waals surface area (Å²) in [4.78, 5) is 14.5. The zero-order valence-electron chi connectivity index (χ0n) is 16.9. The number of hydrogen-bond donors (Lipinski definition) is 1. The number of amides is 1. The number of methoxy groups -OCH3 is 2. The molecule has 0 aromatic heterocycles.